The molecule has 1 heterocycles. The number of primary sulfonamides is 1. The van der Waals surface area contributed by atoms with E-state index in [0.717, 1.165) is 6.42 Å². The first-order chi connectivity index (χ1) is 13.6. The molecular formula is C20H23ClN4O3S. The first-order valence-electron chi connectivity index (χ1n) is 9.21. The van der Waals surface area contributed by atoms with Gasteiger partial charge in [-0.05, 0) is 36.1 Å². The van der Waals surface area contributed by atoms with Crippen LogP contribution in [0.2, 0.25) is 5.02 Å². The highest BCUT2D eigenvalue weighted by Gasteiger charge is 2.18. The third-order valence-electron chi connectivity index (χ3n) is 4.47. The number of hydrogen-bond acceptors (Lipinski definition) is 4. The first-order valence-corrected chi connectivity index (χ1v) is 11.1. The molecule has 3 rings (SSSR count). The zero-order chi connectivity index (χ0) is 21.2. The summed E-state index contributed by atoms with van der Waals surface area (Å²) < 4.78 is 25.9. The smallest absolute Gasteiger partial charge is 0.238 e. The van der Waals surface area contributed by atoms with Gasteiger partial charge < -0.3 is 5.32 Å². The molecule has 3 N–H and O–H groups in total. The van der Waals surface area contributed by atoms with Gasteiger partial charge in [0.15, 0.2) is 0 Å². The largest absolute Gasteiger partial charge is 0.326 e. The third-order valence-corrected chi connectivity index (χ3v) is 5.79. The van der Waals surface area contributed by atoms with Crippen molar-refractivity contribution in [2.45, 2.75) is 38.1 Å². The van der Waals surface area contributed by atoms with E-state index in [1.165, 1.54) is 6.07 Å². The molecule has 0 spiro atoms. The Hall–Kier alpha value is -2.42. The van der Waals surface area contributed by atoms with Crippen molar-refractivity contribution in [3.63, 3.8) is 0 Å². The number of sulfonamides is 1. The van der Waals surface area contributed by atoms with Gasteiger partial charge in [0.25, 0.3) is 0 Å². The van der Waals surface area contributed by atoms with E-state index < -0.39 is 10.0 Å². The Balaban J connectivity index is 1.91. The number of nitrogens with one attached hydrogen (secondary N) is 1. The molecule has 0 aliphatic heterocycles. The number of carbonyl (C=O) groups is 1. The lowest BCUT2D eigenvalue weighted by molar-refractivity contribution is -0.115. The lowest BCUT2D eigenvalue weighted by atomic mass is 10.1. The molecule has 29 heavy (non-hydrogen) atoms. The average Bonchev–Trinajstić information content (AvgIpc) is 3.03. The highest BCUT2D eigenvalue weighted by atomic mass is 35.5. The molecule has 9 heteroatoms. The van der Waals surface area contributed by atoms with E-state index in [2.05, 4.69) is 24.3 Å². The van der Waals surface area contributed by atoms with Crippen molar-refractivity contribution in [2.75, 3.05) is 5.32 Å². The first kappa shape index (κ1) is 21.3. The Morgan fingerprint density at radius 1 is 1.28 bits per heavy atom. The van der Waals surface area contributed by atoms with Gasteiger partial charge in [-0.25, -0.2) is 13.6 Å². The summed E-state index contributed by atoms with van der Waals surface area (Å²) in [6.45, 7) is 4.86. The van der Waals surface area contributed by atoms with Gasteiger partial charge in [0, 0.05) is 28.8 Å². The number of nitrogens with two attached hydrogens (primary N) is 1. The molecule has 0 saturated carbocycles. The van der Waals surface area contributed by atoms with Crippen LogP contribution < -0.4 is 10.5 Å². The van der Waals surface area contributed by atoms with Crippen LogP contribution in [0.1, 0.15) is 25.8 Å². The maximum atomic E-state index is 12.4. The quantitative estimate of drug-likeness (QED) is 0.592. The van der Waals surface area contributed by atoms with Crippen molar-refractivity contribution in [2.24, 2.45) is 11.1 Å². The number of nitrogens with zero attached hydrogens (tertiary/aromatic N) is 2. The molecule has 0 atom stereocenters. The van der Waals surface area contributed by atoms with Crippen LogP contribution in [0.4, 0.5) is 5.69 Å². The van der Waals surface area contributed by atoms with Crippen LogP contribution >= 0.6 is 11.6 Å². The second-order valence-corrected chi connectivity index (χ2v) is 9.28. The summed E-state index contributed by atoms with van der Waals surface area (Å²) in [5.41, 5.74) is 1.44. The average molecular weight is 435 g/mol. The van der Waals surface area contributed by atoms with Gasteiger partial charge in [-0.1, -0.05) is 43.6 Å². The Kier molecular flexibility index (Phi) is 6.26. The van der Waals surface area contributed by atoms with Crippen molar-refractivity contribution in [1.82, 2.24) is 9.78 Å². The molecule has 0 aliphatic carbocycles. The molecule has 7 nitrogen and oxygen atoms in total. The van der Waals surface area contributed by atoms with Gasteiger partial charge in [-0.2, -0.15) is 5.10 Å². The van der Waals surface area contributed by atoms with Gasteiger partial charge in [0.2, 0.25) is 15.9 Å². The molecule has 2 aromatic carbocycles. The molecule has 0 bridgehead atoms. The van der Waals surface area contributed by atoms with Crippen molar-refractivity contribution in [1.29, 1.82) is 0 Å². The minimum absolute atomic E-state index is 0.0608. The van der Waals surface area contributed by atoms with E-state index in [1.54, 1.807) is 41.2 Å². The van der Waals surface area contributed by atoms with Crippen LogP contribution in [0.3, 0.4) is 0 Å². The predicted molar refractivity (Wildman–Crippen MR) is 114 cm³/mol. The number of aromatic nitrogens is 2. The fraction of sp³-hybridized carbons (Fsp3) is 0.300. The van der Waals surface area contributed by atoms with E-state index in [1.807, 2.05) is 0 Å². The minimum Gasteiger partial charge on any atom is -0.326 e. The second-order valence-electron chi connectivity index (χ2n) is 7.34. The number of hydrogen-bond donors (Lipinski definition) is 2. The van der Waals surface area contributed by atoms with Gasteiger partial charge >= 0.3 is 0 Å². The number of benzene rings is 2. The van der Waals surface area contributed by atoms with Gasteiger partial charge in [0.1, 0.15) is 0 Å². The van der Waals surface area contributed by atoms with Crippen LogP contribution in [0, 0.1) is 5.92 Å². The summed E-state index contributed by atoms with van der Waals surface area (Å²) in [5, 5.41) is 13.5. The lowest BCUT2D eigenvalue weighted by Crippen LogP contribution is -2.16. The maximum absolute atomic E-state index is 12.4. The Labute approximate surface area is 174 Å². The molecular weight excluding hydrogens is 412 g/mol. The highest BCUT2D eigenvalue weighted by molar-refractivity contribution is 7.89. The number of halogens is 1. The van der Waals surface area contributed by atoms with E-state index in [0.29, 0.717) is 39.6 Å². The minimum atomic E-state index is -4.00. The predicted octanol–water partition coefficient (Wildman–Crippen LogP) is 3.56. The summed E-state index contributed by atoms with van der Waals surface area (Å²) >= 11 is 6.10. The topological polar surface area (TPSA) is 107 Å². The van der Waals surface area contributed by atoms with Crippen LogP contribution in [0.15, 0.2) is 47.5 Å². The molecule has 0 aliphatic rings. The third kappa shape index (κ3) is 5.35. The molecule has 3 aromatic rings. The summed E-state index contributed by atoms with van der Waals surface area (Å²) in [4.78, 5) is 12.4. The molecule has 1 amide bonds. The molecule has 0 fully saturated rings. The normalized spacial score (nSPS) is 11.9. The Morgan fingerprint density at radius 3 is 2.66 bits per heavy atom. The summed E-state index contributed by atoms with van der Waals surface area (Å²) in [7, 11) is -4.00. The van der Waals surface area contributed by atoms with Crippen LogP contribution in [0.25, 0.3) is 10.9 Å². The van der Waals surface area contributed by atoms with Crippen molar-refractivity contribution >= 4 is 44.1 Å². The monoisotopic (exact) mass is 434 g/mol. The van der Waals surface area contributed by atoms with Crippen LogP contribution in [-0.2, 0) is 27.8 Å². The van der Waals surface area contributed by atoms with E-state index >= 15 is 0 Å². The molecule has 1 aromatic heterocycles. The lowest BCUT2D eigenvalue weighted by Gasteiger charge is -2.08. The highest BCUT2D eigenvalue weighted by Crippen LogP contribution is 2.27. The van der Waals surface area contributed by atoms with E-state index in [4.69, 9.17) is 16.7 Å². The number of fused-ring (bicyclic) bond motifs is 1. The number of rotatable bonds is 7. The fourth-order valence-electron chi connectivity index (χ4n) is 2.97. The van der Waals surface area contributed by atoms with E-state index in [-0.39, 0.29) is 17.2 Å². The Bertz CT molecular complexity index is 1160. The molecule has 0 radical (unpaired) electrons. The zero-order valence-corrected chi connectivity index (χ0v) is 17.8. The number of amides is 1. The Morgan fingerprint density at radius 2 is 2.00 bits per heavy atom. The van der Waals surface area contributed by atoms with Gasteiger partial charge in [-0.3, -0.25) is 9.48 Å². The van der Waals surface area contributed by atoms with E-state index in [9.17, 15) is 13.2 Å². The van der Waals surface area contributed by atoms with Crippen molar-refractivity contribution < 1.29 is 13.2 Å². The maximum Gasteiger partial charge on any atom is 0.238 e. The van der Waals surface area contributed by atoms with Crippen molar-refractivity contribution in [3.8, 4) is 0 Å². The molecule has 0 saturated heterocycles. The van der Waals surface area contributed by atoms with Gasteiger partial charge in [0.05, 0.1) is 16.8 Å². The SMILES string of the molecule is CC(C)CCn1cc2c(S(N)(=O)=O)cc(NC(=O)Cc3ccccc3Cl)cc2n1. The molecule has 0 unspecified atom stereocenters. The summed E-state index contributed by atoms with van der Waals surface area (Å²) in [6.07, 6.45) is 2.64. The second kappa shape index (κ2) is 8.52. The van der Waals surface area contributed by atoms with Crippen LogP contribution in [0.5, 0.6) is 0 Å². The van der Waals surface area contributed by atoms with Crippen molar-refractivity contribution in [3.05, 3.63) is 53.2 Å². The number of carbonyl (C=O) groups excluding carboxylic acids is 1. The summed E-state index contributed by atoms with van der Waals surface area (Å²) in [6, 6.07) is 10.0. The summed E-state index contributed by atoms with van der Waals surface area (Å²) in [5.74, 6) is 0.164. The standard InChI is InChI=1S/C20H23ClN4O3S/c1-13(2)7-8-25-12-16-18(24-25)10-15(11-19(16)29(22,27)28)23-20(26)9-14-5-3-4-6-17(14)21/h3-6,10-13H,7-9H2,1-2H3,(H,23,26)(H2,22,27,28). The number of anilines is 1. The zero-order valence-electron chi connectivity index (χ0n) is 16.2. The fourth-order valence-corrected chi connectivity index (χ4v) is 3.93. The molecule has 154 valence electrons. The number of aryl methyl sites for hydroxylation is 1. The van der Waals surface area contributed by atoms with Crippen LogP contribution in [-0.4, -0.2) is 24.1 Å². The van der Waals surface area contributed by atoms with Gasteiger partial charge in [-0.15, -0.1) is 0 Å².